The Bertz CT molecular complexity index is 987. The molecule has 2 heterocycles. The van der Waals surface area contributed by atoms with E-state index in [1.807, 2.05) is 13.8 Å². The van der Waals surface area contributed by atoms with Crippen LogP contribution in [-0.2, 0) is 6.42 Å². The fraction of sp³-hybridized carbons (Fsp3) is 0.318. The smallest absolute Gasteiger partial charge is 0.299 e. The number of anilines is 1. The number of aryl methyl sites for hydroxylation is 1. The lowest BCUT2D eigenvalue weighted by molar-refractivity contribution is 0.261. The minimum atomic E-state index is -0.249. The Morgan fingerprint density at radius 2 is 2.10 bits per heavy atom. The molecule has 7 heteroatoms. The van der Waals surface area contributed by atoms with Crippen LogP contribution in [0.2, 0.25) is 0 Å². The summed E-state index contributed by atoms with van der Waals surface area (Å²) >= 11 is 1.25. The van der Waals surface area contributed by atoms with Gasteiger partial charge in [-0.25, -0.2) is 9.82 Å². The lowest BCUT2D eigenvalue weighted by Gasteiger charge is -2.33. The molecule has 150 valence electrons. The van der Waals surface area contributed by atoms with E-state index < -0.39 is 0 Å². The van der Waals surface area contributed by atoms with Gasteiger partial charge in [0.05, 0.1) is 11.0 Å². The predicted molar refractivity (Wildman–Crippen MR) is 118 cm³/mol. The summed E-state index contributed by atoms with van der Waals surface area (Å²) in [6.07, 6.45) is 1.98. The number of nitrogens with one attached hydrogen (secondary N) is 1. The number of amides is 1. The molecule has 0 aromatic heterocycles. The van der Waals surface area contributed by atoms with E-state index in [0.29, 0.717) is 6.54 Å². The fourth-order valence-corrected chi connectivity index (χ4v) is 4.52. The standard InChI is InChI=1S/C22H23FN4OS/c1-3-24-21(15-6-9-18(23)10-7-15)27-12-4-5-16-13-17(8-11-19(16)27)20-14(2)29-22(28)26-25-20/h6-11,13-14H,3-5,12H2,1-2H3,(H,26,28). The van der Waals surface area contributed by atoms with E-state index in [0.717, 1.165) is 47.7 Å². The van der Waals surface area contributed by atoms with Crippen molar-refractivity contribution in [3.8, 4) is 0 Å². The van der Waals surface area contributed by atoms with Crippen LogP contribution in [0.25, 0.3) is 0 Å². The summed E-state index contributed by atoms with van der Waals surface area (Å²) in [5.41, 5.74) is 7.74. The van der Waals surface area contributed by atoms with Crippen LogP contribution < -0.4 is 10.3 Å². The van der Waals surface area contributed by atoms with Crippen molar-refractivity contribution in [3.63, 3.8) is 0 Å². The Kier molecular flexibility index (Phi) is 5.67. The van der Waals surface area contributed by atoms with Gasteiger partial charge in [0.25, 0.3) is 5.24 Å². The molecular formula is C22H23FN4OS. The first-order valence-corrected chi connectivity index (χ1v) is 10.7. The second kappa shape index (κ2) is 8.37. The Hall–Kier alpha value is -2.67. The summed E-state index contributed by atoms with van der Waals surface area (Å²) in [7, 11) is 0. The minimum Gasteiger partial charge on any atom is -0.326 e. The first kappa shape index (κ1) is 19.6. The zero-order valence-electron chi connectivity index (χ0n) is 16.5. The van der Waals surface area contributed by atoms with Gasteiger partial charge in [0.15, 0.2) is 0 Å². The van der Waals surface area contributed by atoms with Crippen molar-refractivity contribution in [1.29, 1.82) is 0 Å². The number of amidine groups is 1. The van der Waals surface area contributed by atoms with Crippen LogP contribution in [0.1, 0.15) is 37.0 Å². The average Bonchev–Trinajstić information content (AvgIpc) is 2.72. The zero-order chi connectivity index (χ0) is 20.4. The third-order valence-electron chi connectivity index (χ3n) is 5.10. The number of nitrogens with zero attached hydrogens (tertiary/aromatic N) is 3. The molecule has 2 aliphatic heterocycles. The Morgan fingerprint density at radius 3 is 2.83 bits per heavy atom. The normalized spacial score (nSPS) is 19.5. The molecular weight excluding hydrogens is 387 g/mol. The second-order valence-corrected chi connectivity index (χ2v) is 8.37. The number of benzene rings is 2. The molecule has 1 atom stereocenters. The quantitative estimate of drug-likeness (QED) is 0.595. The largest absolute Gasteiger partial charge is 0.326 e. The zero-order valence-corrected chi connectivity index (χ0v) is 17.3. The second-order valence-electron chi connectivity index (χ2n) is 7.06. The van der Waals surface area contributed by atoms with Crippen molar-refractivity contribution in [2.45, 2.75) is 31.9 Å². The van der Waals surface area contributed by atoms with Gasteiger partial charge < -0.3 is 4.90 Å². The number of halogens is 1. The number of thioether (sulfide) groups is 1. The van der Waals surface area contributed by atoms with Crippen LogP contribution in [0.15, 0.2) is 52.6 Å². The Balaban J connectivity index is 1.70. The van der Waals surface area contributed by atoms with Gasteiger partial charge in [0.1, 0.15) is 11.7 Å². The van der Waals surface area contributed by atoms with Crippen LogP contribution in [0.5, 0.6) is 0 Å². The molecule has 4 rings (SSSR count). The van der Waals surface area contributed by atoms with E-state index in [4.69, 9.17) is 4.99 Å². The van der Waals surface area contributed by atoms with Crippen LogP contribution in [0.4, 0.5) is 14.9 Å². The van der Waals surface area contributed by atoms with Crippen LogP contribution in [0, 0.1) is 5.82 Å². The number of aliphatic imine (C=N–C) groups is 1. The van der Waals surface area contributed by atoms with E-state index >= 15 is 0 Å². The van der Waals surface area contributed by atoms with Crippen LogP contribution >= 0.6 is 11.8 Å². The molecule has 1 unspecified atom stereocenters. The molecule has 0 saturated carbocycles. The van der Waals surface area contributed by atoms with E-state index in [1.165, 1.54) is 29.5 Å². The van der Waals surface area contributed by atoms with Gasteiger partial charge in [0, 0.05) is 24.3 Å². The van der Waals surface area contributed by atoms with Gasteiger partial charge in [-0.05, 0) is 74.2 Å². The monoisotopic (exact) mass is 410 g/mol. The van der Waals surface area contributed by atoms with Crippen molar-refractivity contribution in [2.75, 3.05) is 18.0 Å². The van der Waals surface area contributed by atoms with Crippen molar-refractivity contribution in [1.82, 2.24) is 5.43 Å². The average molecular weight is 411 g/mol. The van der Waals surface area contributed by atoms with Crippen molar-refractivity contribution >= 4 is 34.2 Å². The third kappa shape index (κ3) is 4.05. The summed E-state index contributed by atoms with van der Waals surface area (Å²) in [5.74, 6) is 0.619. The first-order chi connectivity index (χ1) is 14.1. The number of hydrazone groups is 1. The molecule has 0 fully saturated rings. The highest BCUT2D eigenvalue weighted by Crippen LogP contribution is 2.31. The molecule has 1 N–H and O–H groups in total. The van der Waals surface area contributed by atoms with E-state index in [-0.39, 0.29) is 16.3 Å². The van der Waals surface area contributed by atoms with Gasteiger partial charge in [-0.15, -0.1) is 0 Å². The predicted octanol–water partition coefficient (Wildman–Crippen LogP) is 4.59. The summed E-state index contributed by atoms with van der Waals surface area (Å²) in [4.78, 5) is 18.5. The van der Waals surface area contributed by atoms with E-state index in [1.54, 1.807) is 12.1 Å². The van der Waals surface area contributed by atoms with Gasteiger partial charge in [-0.1, -0.05) is 17.8 Å². The van der Waals surface area contributed by atoms with Crippen molar-refractivity contribution in [2.24, 2.45) is 10.1 Å². The molecule has 0 saturated heterocycles. The highest BCUT2D eigenvalue weighted by molar-refractivity contribution is 8.14. The van der Waals surface area contributed by atoms with Crippen molar-refractivity contribution < 1.29 is 9.18 Å². The molecule has 29 heavy (non-hydrogen) atoms. The molecule has 1 amide bonds. The Morgan fingerprint density at radius 1 is 1.31 bits per heavy atom. The maximum absolute atomic E-state index is 13.4. The highest BCUT2D eigenvalue weighted by atomic mass is 32.2. The molecule has 2 aromatic carbocycles. The molecule has 0 radical (unpaired) electrons. The number of hydrogen-bond acceptors (Lipinski definition) is 4. The molecule has 0 aliphatic carbocycles. The lowest BCUT2D eigenvalue weighted by Crippen LogP contribution is -2.36. The molecule has 2 aliphatic rings. The third-order valence-corrected chi connectivity index (χ3v) is 5.98. The van der Waals surface area contributed by atoms with Crippen molar-refractivity contribution in [3.05, 3.63) is 65.0 Å². The number of hydrogen-bond donors (Lipinski definition) is 1. The van der Waals surface area contributed by atoms with Gasteiger partial charge in [-0.3, -0.25) is 9.79 Å². The maximum atomic E-state index is 13.4. The van der Waals surface area contributed by atoms with Gasteiger partial charge in [-0.2, -0.15) is 5.10 Å². The molecule has 2 aromatic rings. The van der Waals surface area contributed by atoms with E-state index in [9.17, 15) is 9.18 Å². The Labute approximate surface area is 174 Å². The molecule has 0 bridgehead atoms. The number of carbonyl (C=O) groups is 1. The minimum absolute atomic E-state index is 0.0120. The van der Waals surface area contributed by atoms with Crippen LogP contribution in [0.3, 0.4) is 0 Å². The van der Waals surface area contributed by atoms with Gasteiger partial charge >= 0.3 is 0 Å². The lowest BCUT2D eigenvalue weighted by atomic mass is 9.96. The van der Waals surface area contributed by atoms with Gasteiger partial charge in [0.2, 0.25) is 0 Å². The summed E-state index contributed by atoms with van der Waals surface area (Å²) in [6.45, 7) is 5.52. The molecule has 0 spiro atoms. The summed E-state index contributed by atoms with van der Waals surface area (Å²) in [5, 5.41) is 4.17. The highest BCUT2D eigenvalue weighted by Gasteiger charge is 2.26. The number of carbonyl (C=O) groups excluding carboxylic acids is 1. The SMILES string of the molecule is CCN=C(c1ccc(F)cc1)N1CCCc2cc(C3=NNC(=O)SC3C)ccc21. The summed E-state index contributed by atoms with van der Waals surface area (Å²) < 4.78 is 13.4. The fourth-order valence-electron chi connectivity index (χ4n) is 3.80. The number of rotatable bonds is 3. The van der Waals surface area contributed by atoms with Crippen LogP contribution in [-0.4, -0.2) is 35.1 Å². The first-order valence-electron chi connectivity index (χ1n) is 9.82. The maximum Gasteiger partial charge on any atom is 0.299 e. The molecule has 5 nitrogen and oxygen atoms in total. The topological polar surface area (TPSA) is 57.1 Å². The summed E-state index contributed by atoms with van der Waals surface area (Å²) in [6, 6.07) is 12.8. The van der Waals surface area contributed by atoms with E-state index in [2.05, 4.69) is 33.6 Å². The number of fused-ring (bicyclic) bond motifs is 1.